The molecule has 0 aliphatic carbocycles. The lowest BCUT2D eigenvalue weighted by Gasteiger charge is -2.19. The number of benzene rings is 2. The smallest absolute Gasteiger partial charge is 0.328 e. The molecular weight excluding hydrogens is 286 g/mol. The molecule has 0 spiro atoms. The minimum absolute atomic E-state index is 0.732. The zero-order valence-electron chi connectivity index (χ0n) is 11.7. The first-order valence-electron chi connectivity index (χ1n) is 6.51. The normalized spacial score (nSPS) is 10.8. The van der Waals surface area contributed by atoms with Crippen LogP contribution >= 0.6 is 11.6 Å². The van der Waals surface area contributed by atoms with Crippen LogP contribution in [-0.4, -0.2) is 18.1 Å². The van der Waals surface area contributed by atoms with Crippen molar-refractivity contribution in [1.29, 1.82) is 0 Å². The number of hydrogen-bond acceptors (Lipinski definition) is 2. The van der Waals surface area contributed by atoms with E-state index in [0.717, 1.165) is 34.5 Å². The quantitative estimate of drug-likeness (QED) is 0.846. The monoisotopic (exact) mass is 301 g/mol. The summed E-state index contributed by atoms with van der Waals surface area (Å²) in [7, 11) is 2.00. The van der Waals surface area contributed by atoms with Gasteiger partial charge in [0.1, 0.15) is 0 Å². The first-order chi connectivity index (χ1) is 10.0. The highest BCUT2D eigenvalue weighted by atomic mass is 35.5. The fourth-order valence-corrected chi connectivity index (χ4v) is 2.22. The molecule has 0 fully saturated rings. The largest absolute Gasteiger partial charge is 0.478 e. The van der Waals surface area contributed by atoms with E-state index in [1.807, 2.05) is 55.6 Å². The van der Waals surface area contributed by atoms with Crippen molar-refractivity contribution in [3.8, 4) is 0 Å². The summed E-state index contributed by atoms with van der Waals surface area (Å²) in [5, 5.41) is 9.33. The molecule has 0 aromatic heterocycles. The molecule has 0 atom stereocenters. The maximum absolute atomic E-state index is 10.5. The third kappa shape index (κ3) is 4.65. The van der Waals surface area contributed by atoms with Gasteiger partial charge in [0.2, 0.25) is 0 Å². The Bertz CT molecular complexity index is 650. The van der Waals surface area contributed by atoms with E-state index in [2.05, 4.69) is 4.90 Å². The van der Waals surface area contributed by atoms with Crippen molar-refractivity contribution in [2.24, 2.45) is 0 Å². The lowest BCUT2D eigenvalue weighted by Crippen LogP contribution is -2.16. The summed E-state index contributed by atoms with van der Waals surface area (Å²) in [6, 6.07) is 15.5. The predicted molar refractivity (Wildman–Crippen MR) is 86.7 cm³/mol. The molecule has 0 saturated heterocycles. The highest BCUT2D eigenvalue weighted by molar-refractivity contribution is 6.30. The molecule has 0 radical (unpaired) electrons. The lowest BCUT2D eigenvalue weighted by molar-refractivity contribution is -0.131. The molecule has 1 N–H and O–H groups in total. The van der Waals surface area contributed by atoms with Crippen LogP contribution in [0, 0.1) is 0 Å². The summed E-state index contributed by atoms with van der Waals surface area (Å²) in [6.45, 7) is 0.755. The van der Waals surface area contributed by atoms with Gasteiger partial charge in [0.05, 0.1) is 0 Å². The van der Waals surface area contributed by atoms with Crippen molar-refractivity contribution >= 4 is 29.3 Å². The van der Waals surface area contributed by atoms with Gasteiger partial charge in [0.15, 0.2) is 0 Å². The van der Waals surface area contributed by atoms with Crippen molar-refractivity contribution in [1.82, 2.24) is 0 Å². The average molecular weight is 302 g/mol. The number of aliphatic carboxylic acids is 1. The van der Waals surface area contributed by atoms with E-state index in [4.69, 9.17) is 16.7 Å². The average Bonchev–Trinajstić information content (AvgIpc) is 2.45. The van der Waals surface area contributed by atoms with Crippen molar-refractivity contribution in [2.75, 3.05) is 11.9 Å². The maximum atomic E-state index is 10.5. The second-order valence-corrected chi connectivity index (χ2v) is 5.19. The van der Waals surface area contributed by atoms with E-state index < -0.39 is 5.97 Å². The van der Waals surface area contributed by atoms with E-state index in [1.165, 1.54) is 0 Å². The van der Waals surface area contributed by atoms with Crippen molar-refractivity contribution in [3.63, 3.8) is 0 Å². The third-order valence-electron chi connectivity index (χ3n) is 3.06. The Morgan fingerprint density at radius 3 is 2.57 bits per heavy atom. The molecule has 0 bridgehead atoms. The summed E-state index contributed by atoms with van der Waals surface area (Å²) < 4.78 is 0. The molecule has 0 aliphatic rings. The minimum atomic E-state index is -0.947. The Morgan fingerprint density at radius 2 is 1.95 bits per heavy atom. The molecule has 108 valence electrons. The van der Waals surface area contributed by atoms with E-state index in [-0.39, 0.29) is 0 Å². The van der Waals surface area contributed by atoms with Crippen LogP contribution in [0.15, 0.2) is 54.6 Å². The first kappa shape index (κ1) is 15.1. The number of carboxylic acids is 1. The lowest BCUT2D eigenvalue weighted by atomic mass is 10.1. The molecule has 2 aromatic rings. The van der Waals surface area contributed by atoms with Crippen LogP contribution in [0.2, 0.25) is 5.02 Å². The Balaban J connectivity index is 2.06. The molecule has 4 heteroatoms. The van der Waals surface area contributed by atoms with Crippen LogP contribution in [0.3, 0.4) is 0 Å². The number of nitrogens with zero attached hydrogens (tertiary/aromatic N) is 1. The number of anilines is 1. The highest BCUT2D eigenvalue weighted by Crippen LogP contribution is 2.18. The van der Waals surface area contributed by atoms with E-state index >= 15 is 0 Å². The summed E-state index contributed by atoms with van der Waals surface area (Å²) in [5.74, 6) is -0.947. The summed E-state index contributed by atoms with van der Waals surface area (Å²) in [4.78, 5) is 12.6. The van der Waals surface area contributed by atoms with Crippen molar-refractivity contribution in [2.45, 2.75) is 6.54 Å². The van der Waals surface area contributed by atoms with Gasteiger partial charge in [0.25, 0.3) is 0 Å². The molecule has 2 aromatic carbocycles. The molecule has 0 amide bonds. The zero-order chi connectivity index (χ0) is 15.2. The third-order valence-corrected chi connectivity index (χ3v) is 3.30. The predicted octanol–water partition coefficient (Wildman–Crippen LogP) is 4.07. The fourth-order valence-electron chi connectivity index (χ4n) is 2.01. The zero-order valence-corrected chi connectivity index (χ0v) is 12.4. The van der Waals surface area contributed by atoms with E-state index in [9.17, 15) is 4.79 Å². The second kappa shape index (κ2) is 6.95. The molecule has 0 saturated carbocycles. The fraction of sp³-hybridized carbons (Fsp3) is 0.118. The van der Waals surface area contributed by atoms with Gasteiger partial charge in [0, 0.05) is 30.4 Å². The molecule has 3 nitrogen and oxygen atoms in total. The van der Waals surface area contributed by atoms with Crippen LogP contribution in [0.5, 0.6) is 0 Å². The van der Waals surface area contributed by atoms with Gasteiger partial charge in [-0.2, -0.15) is 0 Å². The van der Waals surface area contributed by atoms with Gasteiger partial charge in [-0.3, -0.25) is 0 Å². The molecule has 0 aliphatic heterocycles. The first-order valence-corrected chi connectivity index (χ1v) is 6.89. The molecule has 21 heavy (non-hydrogen) atoms. The maximum Gasteiger partial charge on any atom is 0.328 e. The second-order valence-electron chi connectivity index (χ2n) is 4.75. The van der Waals surface area contributed by atoms with Gasteiger partial charge in [-0.15, -0.1) is 0 Å². The summed E-state index contributed by atoms with van der Waals surface area (Å²) in [6.07, 6.45) is 2.70. The molecule has 0 unspecified atom stereocenters. The van der Waals surface area contributed by atoms with Crippen molar-refractivity contribution < 1.29 is 9.90 Å². The topological polar surface area (TPSA) is 40.5 Å². The number of rotatable bonds is 5. The Kier molecular flexibility index (Phi) is 5.01. The summed E-state index contributed by atoms with van der Waals surface area (Å²) in [5.41, 5.74) is 3.06. The van der Waals surface area contributed by atoms with Crippen molar-refractivity contribution in [3.05, 3.63) is 70.8 Å². The van der Waals surface area contributed by atoms with Crippen LogP contribution < -0.4 is 4.90 Å². The number of halogens is 1. The highest BCUT2D eigenvalue weighted by Gasteiger charge is 2.02. The number of carbonyl (C=O) groups is 1. The number of hydrogen-bond donors (Lipinski definition) is 1. The SMILES string of the molecule is CN(Cc1cccc(Cl)c1)c1ccc(C=CC(=O)O)cc1. The van der Waals surface area contributed by atoms with Crippen LogP contribution in [0.25, 0.3) is 6.08 Å². The van der Waals surface area contributed by atoms with E-state index in [1.54, 1.807) is 6.08 Å². The summed E-state index contributed by atoms with van der Waals surface area (Å²) >= 11 is 5.98. The Labute approximate surface area is 129 Å². The van der Waals surface area contributed by atoms with Gasteiger partial charge in [-0.05, 0) is 41.5 Å². The molecule has 0 heterocycles. The minimum Gasteiger partial charge on any atom is -0.478 e. The van der Waals surface area contributed by atoms with Crippen LogP contribution in [-0.2, 0) is 11.3 Å². The Morgan fingerprint density at radius 1 is 1.24 bits per heavy atom. The Hall–Kier alpha value is -2.26. The van der Waals surface area contributed by atoms with Gasteiger partial charge < -0.3 is 10.0 Å². The van der Waals surface area contributed by atoms with Gasteiger partial charge >= 0.3 is 5.97 Å². The van der Waals surface area contributed by atoms with E-state index in [0.29, 0.717) is 0 Å². The standard InChI is InChI=1S/C17H16ClNO2/c1-19(12-14-3-2-4-15(18)11-14)16-8-5-13(6-9-16)7-10-17(20)21/h2-11H,12H2,1H3,(H,20,21). The van der Waals surface area contributed by atoms with Crippen LogP contribution in [0.4, 0.5) is 5.69 Å². The van der Waals surface area contributed by atoms with Crippen LogP contribution in [0.1, 0.15) is 11.1 Å². The van der Waals surface area contributed by atoms with Gasteiger partial charge in [-0.25, -0.2) is 4.79 Å². The molecule has 2 rings (SSSR count). The molecular formula is C17H16ClNO2. The van der Waals surface area contributed by atoms with Gasteiger partial charge in [-0.1, -0.05) is 35.9 Å². The number of carboxylic acid groups (broad SMARTS) is 1.